The summed E-state index contributed by atoms with van der Waals surface area (Å²) in [6.45, 7) is 5.65. The Morgan fingerprint density at radius 2 is 1.48 bits per heavy atom. The second-order valence-corrected chi connectivity index (χ2v) is 9.31. The molecular formula is C23H28N3O4P. The first-order chi connectivity index (χ1) is 15.0. The van der Waals surface area contributed by atoms with Crippen molar-refractivity contribution in [2.75, 3.05) is 39.0 Å². The number of hydrogen-bond donors (Lipinski definition) is 0. The summed E-state index contributed by atoms with van der Waals surface area (Å²) in [4.78, 5) is 23.5. The van der Waals surface area contributed by atoms with E-state index in [1.54, 1.807) is 38.6 Å². The van der Waals surface area contributed by atoms with Crippen LogP contribution >= 0.6 is 7.60 Å². The van der Waals surface area contributed by atoms with Gasteiger partial charge in [0.1, 0.15) is 0 Å². The molecule has 31 heavy (non-hydrogen) atoms. The smallest absolute Gasteiger partial charge is 0.309 e. The molecule has 0 spiro atoms. The van der Waals surface area contributed by atoms with Gasteiger partial charge in [-0.2, -0.15) is 0 Å². The molecule has 0 radical (unpaired) electrons. The van der Waals surface area contributed by atoms with E-state index in [4.69, 9.17) is 9.05 Å². The highest BCUT2D eigenvalue weighted by Gasteiger charge is 2.29. The van der Waals surface area contributed by atoms with E-state index in [9.17, 15) is 9.36 Å². The maximum absolute atomic E-state index is 13.2. The average Bonchev–Trinajstić information content (AvgIpc) is 2.77. The van der Waals surface area contributed by atoms with Crippen LogP contribution in [-0.2, 0) is 18.4 Å². The van der Waals surface area contributed by atoms with Crippen molar-refractivity contribution in [3.63, 3.8) is 0 Å². The minimum atomic E-state index is -3.16. The summed E-state index contributed by atoms with van der Waals surface area (Å²) < 4.78 is 23.7. The maximum atomic E-state index is 13.2. The largest absolute Gasteiger partial charge is 0.331 e. The highest BCUT2D eigenvalue weighted by atomic mass is 31.2. The third-order valence-corrected chi connectivity index (χ3v) is 6.81. The van der Waals surface area contributed by atoms with Crippen molar-refractivity contribution >= 4 is 25.5 Å². The molecule has 3 rings (SSSR count). The van der Waals surface area contributed by atoms with Crippen LogP contribution in [0, 0.1) is 0 Å². The molecule has 3 heterocycles. The average molecular weight is 441 g/mol. The highest BCUT2D eigenvalue weighted by molar-refractivity contribution is 7.53. The first-order valence-electron chi connectivity index (χ1n) is 10.4. The van der Waals surface area contributed by atoms with E-state index >= 15 is 0 Å². The Morgan fingerprint density at radius 3 is 1.90 bits per heavy atom. The van der Waals surface area contributed by atoms with Crippen LogP contribution in [0.1, 0.15) is 25.0 Å². The minimum absolute atomic E-state index is 0.00163. The lowest BCUT2D eigenvalue weighted by Gasteiger charge is -2.30. The van der Waals surface area contributed by atoms with E-state index in [0.717, 1.165) is 11.1 Å². The van der Waals surface area contributed by atoms with Crippen molar-refractivity contribution in [2.24, 2.45) is 0 Å². The summed E-state index contributed by atoms with van der Waals surface area (Å²) in [7, 11) is -3.16. The molecule has 1 aliphatic rings. The maximum Gasteiger partial charge on any atom is 0.331 e. The van der Waals surface area contributed by atoms with Gasteiger partial charge in [0.25, 0.3) is 0 Å². The lowest BCUT2D eigenvalue weighted by Crippen LogP contribution is -2.39. The lowest BCUT2D eigenvalue weighted by atomic mass is 9.95. The molecule has 0 bridgehead atoms. The van der Waals surface area contributed by atoms with Crippen LogP contribution in [0.3, 0.4) is 0 Å². The normalized spacial score (nSPS) is 18.1. The summed E-state index contributed by atoms with van der Waals surface area (Å²) in [5.41, 5.74) is 3.06. The fraction of sp³-hybridized carbons (Fsp3) is 0.348. The zero-order chi connectivity index (χ0) is 22.1. The number of hydrogen-bond acceptors (Lipinski definition) is 7. The Morgan fingerprint density at radius 1 is 0.968 bits per heavy atom. The number of ketones is 1. The third kappa shape index (κ3) is 6.77. The summed E-state index contributed by atoms with van der Waals surface area (Å²) in [5, 5.41) is 0. The van der Waals surface area contributed by atoms with Crippen molar-refractivity contribution in [3.05, 3.63) is 71.3 Å². The molecule has 1 fully saturated rings. The van der Waals surface area contributed by atoms with E-state index in [0.29, 0.717) is 44.0 Å². The van der Waals surface area contributed by atoms with Gasteiger partial charge >= 0.3 is 7.60 Å². The molecule has 164 valence electrons. The fourth-order valence-corrected chi connectivity index (χ4v) is 5.06. The number of piperidine rings is 1. The van der Waals surface area contributed by atoms with Crippen LogP contribution in [0.15, 0.2) is 60.2 Å². The highest BCUT2D eigenvalue weighted by Crippen LogP contribution is 2.47. The van der Waals surface area contributed by atoms with Crippen LogP contribution in [0.2, 0.25) is 0 Å². The topological polar surface area (TPSA) is 81.6 Å². The Hall–Kier alpha value is -2.44. The van der Waals surface area contributed by atoms with Crippen molar-refractivity contribution in [3.8, 4) is 0 Å². The fourth-order valence-electron chi connectivity index (χ4n) is 3.42. The molecule has 0 amide bonds. The summed E-state index contributed by atoms with van der Waals surface area (Å²) in [6.07, 6.45) is 10.8. The molecule has 8 heteroatoms. The van der Waals surface area contributed by atoms with Crippen LogP contribution in [0.25, 0.3) is 12.2 Å². The van der Waals surface area contributed by atoms with Gasteiger partial charge in [-0.3, -0.25) is 24.2 Å². The van der Waals surface area contributed by atoms with E-state index in [1.165, 1.54) is 0 Å². The first-order valence-corrected chi connectivity index (χ1v) is 12.1. The predicted octanol–water partition coefficient (Wildman–Crippen LogP) is 4.09. The molecule has 0 atom stereocenters. The number of aromatic nitrogens is 2. The Kier molecular flexibility index (Phi) is 8.43. The molecule has 7 nitrogen and oxygen atoms in total. The van der Waals surface area contributed by atoms with Gasteiger partial charge in [-0.1, -0.05) is 12.1 Å². The molecule has 1 aliphatic heterocycles. The first kappa shape index (κ1) is 23.2. The molecule has 0 saturated carbocycles. The second kappa shape index (κ2) is 11.3. The van der Waals surface area contributed by atoms with E-state index in [2.05, 4.69) is 14.9 Å². The van der Waals surface area contributed by atoms with Gasteiger partial charge in [0.05, 0.1) is 19.4 Å². The molecule has 1 saturated heterocycles. The molecule has 2 aromatic heterocycles. The molecular weight excluding hydrogens is 413 g/mol. The van der Waals surface area contributed by atoms with Gasteiger partial charge in [-0.15, -0.1) is 0 Å². The van der Waals surface area contributed by atoms with E-state index < -0.39 is 7.60 Å². The van der Waals surface area contributed by atoms with E-state index in [-0.39, 0.29) is 11.9 Å². The number of pyridine rings is 2. The van der Waals surface area contributed by atoms with Crippen LogP contribution < -0.4 is 0 Å². The third-order valence-electron chi connectivity index (χ3n) is 4.76. The predicted molar refractivity (Wildman–Crippen MR) is 122 cm³/mol. The standard InChI is InChI=1S/C23H28N3O4P/c1-3-29-31(28,30-4-2)12-11-26-17-21(13-19-7-5-9-24-15-19)23(27)22(18-26)14-20-8-6-10-25-16-20/h5-10,13-16H,3-4,11-12,17-18H2,1-2H3/b21-13+,22-14+. The summed E-state index contributed by atoms with van der Waals surface area (Å²) >= 11 is 0. The van der Waals surface area contributed by atoms with Gasteiger partial charge in [-0.05, 0) is 49.3 Å². The van der Waals surface area contributed by atoms with Gasteiger partial charge in [0.15, 0.2) is 5.78 Å². The number of nitrogens with zero attached hydrogens (tertiary/aromatic N) is 3. The summed E-state index contributed by atoms with van der Waals surface area (Å²) in [6, 6.07) is 7.50. The molecule has 0 unspecified atom stereocenters. The minimum Gasteiger partial charge on any atom is -0.309 e. The van der Waals surface area contributed by atoms with Crippen molar-refractivity contribution in [2.45, 2.75) is 13.8 Å². The molecule has 0 aromatic carbocycles. The van der Waals surface area contributed by atoms with Crippen LogP contribution in [0.4, 0.5) is 0 Å². The quantitative estimate of drug-likeness (QED) is 0.428. The number of Topliss-reactive ketones (excluding diaryl/α,β-unsaturated/α-hetero) is 1. The Balaban J connectivity index is 1.85. The Labute approximate surface area is 183 Å². The van der Waals surface area contributed by atoms with Crippen molar-refractivity contribution in [1.82, 2.24) is 14.9 Å². The van der Waals surface area contributed by atoms with Gasteiger partial charge in [0.2, 0.25) is 0 Å². The zero-order valence-corrected chi connectivity index (χ0v) is 18.8. The van der Waals surface area contributed by atoms with Crippen molar-refractivity contribution < 1.29 is 18.4 Å². The van der Waals surface area contributed by atoms with Gasteiger partial charge in [-0.25, -0.2) is 0 Å². The monoisotopic (exact) mass is 441 g/mol. The molecule has 2 aromatic rings. The Bertz CT molecular complexity index is 905. The molecule has 0 N–H and O–H groups in total. The summed E-state index contributed by atoms with van der Waals surface area (Å²) in [5.74, 6) is 0.00163. The van der Waals surface area contributed by atoms with Crippen molar-refractivity contribution in [1.29, 1.82) is 0 Å². The second-order valence-electron chi connectivity index (χ2n) is 7.12. The van der Waals surface area contributed by atoms with Gasteiger partial charge < -0.3 is 9.05 Å². The van der Waals surface area contributed by atoms with Crippen LogP contribution in [0.5, 0.6) is 0 Å². The number of carbonyl (C=O) groups excluding carboxylic acids is 1. The number of rotatable bonds is 9. The van der Waals surface area contributed by atoms with Gasteiger partial charge in [0, 0.05) is 55.6 Å². The van der Waals surface area contributed by atoms with Crippen LogP contribution in [-0.4, -0.2) is 59.7 Å². The SMILES string of the molecule is CCOP(=O)(CCN1C/C(=C\c2cccnc2)C(=O)/C(=C/c2cccnc2)C1)OCC. The van der Waals surface area contributed by atoms with E-state index in [1.807, 2.05) is 36.4 Å². The number of likely N-dealkylation sites (tertiary alicyclic amines) is 1. The molecule has 0 aliphatic carbocycles. The zero-order valence-electron chi connectivity index (χ0n) is 17.9. The number of carbonyl (C=O) groups is 1. The lowest BCUT2D eigenvalue weighted by molar-refractivity contribution is -0.113.